The van der Waals surface area contributed by atoms with Crippen molar-refractivity contribution in [3.63, 3.8) is 0 Å². The van der Waals surface area contributed by atoms with E-state index >= 15 is 0 Å². The molecule has 0 aromatic carbocycles. The van der Waals surface area contributed by atoms with Crippen molar-refractivity contribution in [3.8, 4) is 0 Å². The summed E-state index contributed by atoms with van der Waals surface area (Å²) in [6.45, 7) is 13.6. The molecule has 1 rings (SSSR count). The van der Waals surface area contributed by atoms with Crippen LogP contribution < -0.4 is 0 Å². The van der Waals surface area contributed by atoms with Crippen LogP contribution in [0.4, 0.5) is 0 Å². The monoisotopic (exact) mass is 212 g/mol. The largest absolute Gasteiger partial charge is 0.393 e. The van der Waals surface area contributed by atoms with Gasteiger partial charge >= 0.3 is 0 Å². The van der Waals surface area contributed by atoms with Crippen LogP contribution in [-0.4, -0.2) is 11.2 Å². The second kappa shape index (κ2) is 4.45. The standard InChI is InChI=1S/C14H28O/c1-7-11-9(2)8-12(14(4,5)6)13(15)10(11)3/h9-13,15H,7-8H2,1-6H3. The Labute approximate surface area is 95.3 Å². The predicted octanol–water partition coefficient (Wildman–Crippen LogP) is 3.71. The molecule has 0 radical (unpaired) electrons. The molecule has 90 valence electrons. The lowest BCUT2D eigenvalue weighted by molar-refractivity contribution is -0.0712. The van der Waals surface area contributed by atoms with E-state index in [0.29, 0.717) is 17.8 Å². The van der Waals surface area contributed by atoms with Crippen molar-refractivity contribution in [2.75, 3.05) is 0 Å². The summed E-state index contributed by atoms with van der Waals surface area (Å²) in [4.78, 5) is 0. The van der Waals surface area contributed by atoms with Crippen molar-refractivity contribution in [1.29, 1.82) is 0 Å². The summed E-state index contributed by atoms with van der Waals surface area (Å²) in [6.07, 6.45) is 2.29. The van der Waals surface area contributed by atoms with Crippen LogP contribution >= 0.6 is 0 Å². The molecular formula is C14H28O. The fraction of sp³-hybridized carbons (Fsp3) is 1.00. The zero-order valence-corrected chi connectivity index (χ0v) is 11.2. The van der Waals surface area contributed by atoms with E-state index in [1.54, 1.807) is 0 Å². The molecule has 15 heavy (non-hydrogen) atoms. The summed E-state index contributed by atoms with van der Waals surface area (Å²) in [5, 5.41) is 10.4. The molecule has 1 fully saturated rings. The van der Waals surface area contributed by atoms with Gasteiger partial charge in [-0.1, -0.05) is 48.0 Å². The molecule has 5 unspecified atom stereocenters. The topological polar surface area (TPSA) is 20.2 Å². The Balaban J connectivity index is 2.82. The summed E-state index contributed by atoms with van der Waals surface area (Å²) in [7, 11) is 0. The molecule has 0 bridgehead atoms. The molecule has 0 aliphatic heterocycles. The van der Waals surface area contributed by atoms with Crippen molar-refractivity contribution in [1.82, 2.24) is 0 Å². The lowest BCUT2D eigenvalue weighted by Gasteiger charge is -2.47. The molecule has 1 aliphatic rings. The predicted molar refractivity (Wildman–Crippen MR) is 65.7 cm³/mol. The Morgan fingerprint density at radius 3 is 2.13 bits per heavy atom. The van der Waals surface area contributed by atoms with Gasteiger partial charge in [-0.05, 0) is 35.5 Å². The van der Waals surface area contributed by atoms with Crippen LogP contribution in [0.2, 0.25) is 0 Å². The second-order valence-electron chi connectivity index (χ2n) is 6.61. The number of hydrogen-bond donors (Lipinski definition) is 1. The van der Waals surface area contributed by atoms with Gasteiger partial charge in [0.05, 0.1) is 6.10 Å². The average molecular weight is 212 g/mol. The van der Waals surface area contributed by atoms with Gasteiger partial charge < -0.3 is 5.11 Å². The number of aliphatic hydroxyl groups excluding tert-OH is 1. The van der Waals surface area contributed by atoms with E-state index in [-0.39, 0.29) is 11.5 Å². The molecule has 0 heterocycles. The molecule has 1 N–H and O–H groups in total. The number of aliphatic hydroxyl groups is 1. The Morgan fingerprint density at radius 2 is 1.73 bits per heavy atom. The maximum absolute atomic E-state index is 10.4. The van der Waals surface area contributed by atoms with E-state index in [1.807, 2.05) is 0 Å². The van der Waals surface area contributed by atoms with Crippen molar-refractivity contribution >= 4 is 0 Å². The SMILES string of the molecule is CCC1C(C)CC(C(C)(C)C)C(O)C1C. The van der Waals surface area contributed by atoms with Crippen molar-refractivity contribution in [2.24, 2.45) is 29.1 Å². The first-order chi connectivity index (χ1) is 6.79. The smallest absolute Gasteiger partial charge is 0.0601 e. The molecular weight excluding hydrogens is 184 g/mol. The van der Waals surface area contributed by atoms with E-state index in [4.69, 9.17) is 0 Å². The van der Waals surface area contributed by atoms with Crippen LogP contribution in [0.15, 0.2) is 0 Å². The minimum absolute atomic E-state index is 0.105. The van der Waals surface area contributed by atoms with Gasteiger partial charge in [0.25, 0.3) is 0 Å². The zero-order valence-electron chi connectivity index (χ0n) is 11.2. The lowest BCUT2D eigenvalue weighted by atomic mass is 9.60. The normalized spacial score (nSPS) is 43.0. The van der Waals surface area contributed by atoms with Crippen molar-refractivity contribution < 1.29 is 5.11 Å². The maximum Gasteiger partial charge on any atom is 0.0601 e. The molecule has 1 nitrogen and oxygen atoms in total. The Kier molecular flexibility index (Phi) is 3.86. The quantitative estimate of drug-likeness (QED) is 0.702. The van der Waals surface area contributed by atoms with Gasteiger partial charge in [0.2, 0.25) is 0 Å². The molecule has 0 aromatic rings. The molecule has 5 atom stereocenters. The van der Waals surface area contributed by atoms with Gasteiger partial charge in [-0.15, -0.1) is 0 Å². The molecule has 0 amide bonds. The average Bonchev–Trinajstić information content (AvgIpc) is 2.10. The summed E-state index contributed by atoms with van der Waals surface area (Å²) >= 11 is 0. The van der Waals surface area contributed by atoms with Crippen LogP contribution in [0.1, 0.15) is 54.4 Å². The van der Waals surface area contributed by atoms with E-state index < -0.39 is 0 Å². The number of rotatable bonds is 1. The second-order valence-corrected chi connectivity index (χ2v) is 6.61. The van der Waals surface area contributed by atoms with Crippen LogP contribution in [0.5, 0.6) is 0 Å². The van der Waals surface area contributed by atoms with Gasteiger partial charge in [0, 0.05) is 0 Å². The summed E-state index contributed by atoms with van der Waals surface area (Å²) in [6, 6.07) is 0. The van der Waals surface area contributed by atoms with Gasteiger partial charge in [-0.25, -0.2) is 0 Å². The summed E-state index contributed by atoms with van der Waals surface area (Å²) < 4.78 is 0. The third-order valence-electron chi connectivity index (χ3n) is 4.57. The highest BCUT2D eigenvalue weighted by Gasteiger charge is 2.43. The lowest BCUT2D eigenvalue weighted by Crippen LogP contribution is -2.46. The minimum atomic E-state index is -0.105. The number of hydrogen-bond acceptors (Lipinski definition) is 1. The fourth-order valence-electron chi connectivity index (χ4n) is 3.49. The van der Waals surface area contributed by atoms with Crippen LogP contribution in [0.3, 0.4) is 0 Å². The first-order valence-corrected chi connectivity index (χ1v) is 6.47. The maximum atomic E-state index is 10.4. The molecule has 1 heteroatoms. The first kappa shape index (κ1) is 13.0. The van der Waals surface area contributed by atoms with E-state index in [9.17, 15) is 5.11 Å². The van der Waals surface area contributed by atoms with E-state index in [0.717, 1.165) is 5.92 Å². The molecule has 1 aliphatic carbocycles. The highest BCUT2D eigenvalue weighted by atomic mass is 16.3. The highest BCUT2D eigenvalue weighted by Crippen LogP contribution is 2.46. The van der Waals surface area contributed by atoms with E-state index in [1.165, 1.54) is 12.8 Å². The molecule has 0 spiro atoms. The summed E-state index contributed by atoms with van der Waals surface area (Å²) in [5.41, 5.74) is 0.237. The molecule has 1 saturated carbocycles. The minimum Gasteiger partial charge on any atom is -0.393 e. The molecule has 0 aromatic heterocycles. The van der Waals surface area contributed by atoms with Crippen LogP contribution in [0, 0.1) is 29.1 Å². The third-order valence-corrected chi connectivity index (χ3v) is 4.57. The first-order valence-electron chi connectivity index (χ1n) is 6.47. The fourth-order valence-corrected chi connectivity index (χ4v) is 3.49. The Hall–Kier alpha value is -0.0400. The van der Waals surface area contributed by atoms with Crippen molar-refractivity contribution in [3.05, 3.63) is 0 Å². The van der Waals surface area contributed by atoms with Crippen LogP contribution in [-0.2, 0) is 0 Å². The summed E-state index contributed by atoms with van der Waals surface area (Å²) in [5.74, 6) is 2.39. The van der Waals surface area contributed by atoms with E-state index in [2.05, 4.69) is 41.5 Å². The molecule has 0 saturated heterocycles. The van der Waals surface area contributed by atoms with Gasteiger partial charge in [0.15, 0.2) is 0 Å². The highest BCUT2D eigenvalue weighted by molar-refractivity contribution is 4.92. The van der Waals surface area contributed by atoms with Crippen LogP contribution in [0.25, 0.3) is 0 Å². The third kappa shape index (κ3) is 2.55. The van der Waals surface area contributed by atoms with Crippen molar-refractivity contribution in [2.45, 2.75) is 60.5 Å². The Bertz CT molecular complexity index is 204. The van der Waals surface area contributed by atoms with Gasteiger partial charge in [-0.3, -0.25) is 0 Å². The van der Waals surface area contributed by atoms with Gasteiger partial charge in [-0.2, -0.15) is 0 Å². The Morgan fingerprint density at radius 1 is 1.20 bits per heavy atom. The van der Waals surface area contributed by atoms with Gasteiger partial charge in [0.1, 0.15) is 0 Å². The zero-order chi connectivity index (χ0) is 11.8.